The van der Waals surface area contributed by atoms with E-state index >= 15 is 0 Å². The van der Waals surface area contributed by atoms with E-state index in [-0.39, 0.29) is 11.8 Å². The summed E-state index contributed by atoms with van der Waals surface area (Å²) in [5.41, 5.74) is 0.703. The molecule has 2 amide bonds. The van der Waals surface area contributed by atoms with Crippen molar-refractivity contribution >= 4 is 28.7 Å². The average Bonchev–Trinajstić information content (AvgIpc) is 3.18. The van der Waals surface area contributed by atoms with Crippen molar-refractivity contribution in [3.63, 3.8) is 0 Å². The Morgan fingerprint density at radius 3 is 2.46 bits per heavy atom. The summed E-state index contributed by atoms with van der Waals surface area (Å²) in [6.45, 7) is 2.51. The van der Waals surface area contributed by atoms with Crippen LogP contribution < -0.4 is 5.32 Å². The number of benzene rings is 1. The van der Waals surface area contributed by atoms with Crippen LogP contribution in [-0.2, 0) is 4.79 Å². The predicted molar refractivity (Wildman–Crippen MR) is 104 cm³/mol. The van der Waals surface area contributed by atoms with Crippen LogP contribution in [0, 0.1) is 0 Å². The highest BCUT2D eigenvalue weighted by atomic mass is 16.3. The molecule has 3 heterocycles. The smallest absolute Gasteiger partial charge is 0.289 e. The van der Waals surface area contributed by atoms with Crippen molar-refractivity contribution in [1.29, 1.82) is 0 Å². The number of carbonyl (C=O) groups excluding carboxylic acids is 2. The third kappa shape index (κ3) is 3.95. The minimum atomic E-state index is -0.133. The standard InChI is InChI=1S/C20H21N5O3/c26-18(6-9-23-20-21-7-3-8-22-20)24-10-12-25(13-11-24)19(27)17-14-15-4-1-2-5-16(15)28-17/h1-5,7-8,14H,6,9-13H2,(H,21,22,23). The number of furan rings is 1. The minimum absolute atomic E-state index is 0.0549. The van der Waals surface area contributed by atoms with Crippen LogP contribution in [0.4, 0.5) is 5.95 Å². The maximum atomic E-state index is 12.7. The molecule has 0 unspecified atom stereocenters. The first kappa shape index (κ1) is 18.0. The predicted octanol–water partition coefficient (Wildman–Crippen LogP) is 2.01. The van der Waals surface area contributed by atoms with Crippen LogP contribution in [0.25, 0.3) is 11.0 Å². The second-order valence-electron chi connectivity index (χ2n) is 6.57. The van der Waals surface area contributed by atoms with Crippen LogP contribution in [0.5, 0.6) is 0 Å². The number of fused-ring (bicyclic) bond motifs is 1. The SMILES string of the molecule is O=C(CCNc1ncccn1)N1CCN(C(=O)c2cc3ccccc3o2)CC1. The van der Waals surface area contributed by atoms with Crippen LogP contribution in [0.3, 0.4) is 0 Å². The van der Waals surface area contributed by atoms with E-state index in [9.17, 15) is 9.59 Å². The van der Waals surface area contributed by atoms with Gasteiger partial charge in [-0.25, -0.2) is 9.97 Å². The summed E-state index contributed by atoms with van der Waals surface area (Å²) < 4.78 is 5.66. The van der Waals surface area contributed by atoms with Crippen LogP contribution in [-0.4, -0.2) is 64.3 Å². The number of hydrogen-bond acceptors (Lipinski definition) is 6. The van der Waals surface area contributed by atoms with E-state index in [1.54, 1.807) is 34.3 Å². The number of rotatable bonds is 5. The number of carbonyl (C=O) groups is 2. The molecule has 8 nitrogen and oxygen atoms in total. The van der Waals surface area contributed by atoms with Crippen LogP contribution in [0.1, 0.15) is 17.0 Å². The molecule has 144 valence electrons. The lowest BCUT2D eigenvalue weighted by Gasteiger charge is -2.34. The molecule has 1 saturated heterocycles. The molecule has 0 spiro atoms. The molecule has 3 aromatic rings. The molecule has 8 heteroatoms. The molecule has 0 radical (unpaired) electrons. The number of piperazine rings is 1. The number of hydrogen-bond donors (Lipinski definition) is 1. The molecular formula is C20H21N5O3. The lowest BCUT2D eigenvalue weighted by molar-refractivity contribution is -0.132. The first-order valence-electron chi connectivity index (χ1n) is 9.27. The molecule has 0 saturated carbocycles. The molecular weight excluding hydrogens is 358 g/mol. The van der Waals surface area contributed by atoms with Gasteiger partial charge in [0.25, 0.3) is 5.91 Å². The van der Waals surface area contributed by atoms with Crippen LogP contribution >= 0.6 is 0 Å². The van der Waals surface area contributed by atoms with Gasteiger partial charge in [-0.15, -0.1) is 0 Å². The van der Waals surface area contributed by atoms with Gasteiger partial charge in [0.15, 0.2) is 5.76 Å². The van der Waals surface area contributed by atoms with Gasteiger partial charge in [-0.3, -0.25) is 9.59 Å². The maximum Gasteiger partial charge on any atom is 0.289 e. The van der Waals surface area contributed by atoms with Crippen molar-refractivity contribution in [1.82, 2.24) is 19.8 Å². The van der Waals surface area contributed by atoms with E-state index in [1.165, 1.54) is 0 Å². The van der Waals surface area contributed by atoms with Crippen molar-refractivity contribution in [3.05, 3.63) is 54.6 Å². The summed E-state index contributed by atoms with van der Waals surface area (Å²) in [4.78, 5) is 36.7. The number of nitrogens with one attached hydrogen (secondary N) is 1. The third-order valence-corrected chi connectivity index (χ3v) is 4.74. The molecule has 0 aliphatic carbocycles. The lowest BCUT2D eigenvalue weighted by atomic mass is 10.2. The van der Waals surface area contributed by atoms with Gasteiger partial charge in [-0.1, -0.05) is 18.2 Å². The van der Waals surface area contributed by atoms with Gasteiger partial charge in [0.1, 0.15) is 5.58 Å². The quantitative estimate of drug-likeness (QED) is 0.729. The Hall–Kier alpha value is -3.42. The first-order chi connectivity index (χ1) is 13.7. The molecule has 1 aromatic carbocycles. The highest BCUT2D eigenvalue weighted by molar-refractivity contribution is 5.96. The minimum Gasteiger partial charge on any atom is -0.451 e. The number of aromatic nitrogens is 2. The molecule has 28 heavy (non-hydrogen) atoms. The Labute approximate surface area is 162 Å². The fraction of sp³-hybridized carbons (Fsp3) is 0.300. The molecule has 1 aliphatic rings. The Bertz CT molecular complexity index is 931. The summed E-state index contributed by atoms with van der Waals surface area (Å²) in [5.74, 6) is 0.773. The van der Waals surface area contributed by atoms with Crippen molar-refractivity contribution in [2.45, 2.75) is 6.42 Å². The van der Waals surface area contributed by atoms with Gasteiger partial charge in [0.2, 0.25) is 11.9 Å². The summed E-state index contributed by atoms with van der Waals surface area (Å²) in [6.07, 6.45) is 3.65. The molecule has 4 rings (SSSR count). The van der Waals surface area contributed by atoms with Gasteiger partial charge < -0.3 is 19.5 Å². The molecule has 1 fully saturated rings. The summed E-state index contributed by atoms with van der Waals surface area (Å²) in [5, 5.41) is 3.94. The van der Waals surface area contributed by atoms with Crippen LogP contribution in [0.15, 0.2) is 53.2 Å². The maximum absolute atomic E-state index is 12.7. The van der Waals surface area contributed by atoms with E-state index < -0.39 is 0 Å². The van der Waals surface area contributed by atoms with Crippen molar-refractivity contribution in [3.8, 4) is 0 Å². The van der Waals surface area contributed by atoms with Gasteiger partial charge in [-0.2, -0.15) is 0 Å². The molecule has 1 aliphatic heterocycles. The fourth-order valence-corrected chi connectivity index (χ4v) is 3.23. The van der Waals surface area contributed by atoms with Gasteiger partial charge >= 0.3 is 0 Å². The van der Waals surface area contributed by atoms with E-state index in [0.717, 1.165) is 5.39 Å². The Kier molecular flexibility index (Phi) is 5.18. The average molecular weight is 379 g/mol. The summed E-state index contributed by atoms with van der Waals surface area (Å²) >= 11 is 0. The van der Waals surface area contributed by atoms with Gasteiger partial charge in [0, 0.05) is 56.9 Å². The lowest BCUT2D eigenvalue weighted by Crippen LogP contribution is -2.50. The highest BCUT2D eigenvalue weighted by Crippen LogP contribution is 2.20. The zero-order valence-electron chi connectivity index (χ0n) is 15.4. The van der Waals surface area contributed by atoms with Crippen molar-refractivity contribution in [2.75, 3.05) is 38.0 Å². The highest BCUT2D eigenvalue weighted by Gasteiger charge is 2.26. The second-order valence-corrected chi connectivity index (χ2v) is 6.57. The summed E-state index contributed by atoms with van der Waals surface area (Å²) in [7, 11) is 0. The zero-order chi connectivity index (χ0) is 19.3. The van der Waals surface area contributed by atoms with Gasteiger partial charge in [-0.05, 0) is 18.2 Å². The van der Waals surface area contributed by atoms with E-state index in [4.69, 9.17) is 4.42 Å². The number of anilines is 1. The molecule has 1 N–H and O–H groups in total. The Morgan fingerprint density at radius 1 is 1.00 bits per heavy atom. The topological polar surface area (TPSA) is 91.6 Å². The van der Waals surface area contributed by atoms with Crippen molar-refractivity contribution in [2.24, 2.45) is 0 Å². The molecule has 0 atom stereocenters. The number of nitrogens with zero attached hydrogens (tertiary/aromatic N) is 4. The van der Waals surface area contributed by atoms with E-state index in [0.29, 0.717) is 56.4 Å². The largest absolute Gasteiger partial charge is 0.451 e. The normalized spacial score (nSPS) is 14.3. The second kappa shape index (κ2) is 8.08. The Morgan fingerprint density at radius 2 is 1.71 bits per heavy atom. The van der Waals surface area contributed by atoms with E-state index in [2.05, 4.69) is 15.3 Å². The van der Waals surface area contributed by atoms with Gasteiger partial charge in [0.05, 0.1) is 0 Å². The number of amides is 2. The first-order valence-corrected chi connectivity index (χ1v) is 9.27. The Balaban J connectivity index is 1.26. The summed E-state index contributed by atoms with van der Waals surface area (Å²) in [6, 6.07) is 11.1. The fourth-order valence-electron chi connectivity index (χ4n) is 3.23. The zero-order valence-corrected chi connectivity index (χ0v) is 15.4. The number of para-hydroxylation sites is 1. The molecule has 2 aromatic heterocycles. The third-order valence-electron chi connectivity index (χ3n) is 4.74. The van der Waals surface area contributed by atoms with E-state index in [1.807, 2.05) is 24.3 Å². The van der Waals surface area contributed by atoms with Crippen molar-refractivity contribution < 1.29 is 14.0 Å². The monoisotopic (exact) mass is 379 g/mol. The molecule has 0 bridgehead atoms. The van der Waals surface area contributed by atoms with Crippen LogP contribution in [0.2, 0.25) is 0 Å².